The summed E-state index contributed by atoms with van der Waals surface area (Å²) in [5.74, 6) is -0.214. The van der Waals surface area contributed by atoms with Crippen molar-refractivity contribution in [1.29, 1.82) is 0 Å². The van der Waals surface area contributed by atoms with Crippen molar-refractivity contribution < 1.29 is 4.79 Å². The van der Waals surface area contributed by atoms with Crippen LogP contribution < -0.4 is 10.6 Å². The van der Waals surface area contributed by atoms with E-state index in [0.717, 1.165) is 16.8 Å². The molecule has 1 aromatic carbocycles. The Morgan fingerprint density at radius 2 is 2.00 bits per heavy atom. The minimum Gasteiger partial charge on any atom is -0.395 e. The number of benzene rings is 1. The highest BCUT2D eigenvalue weighted by atomic mass is 16.2. The summed E-state index contributed by atoms with van der Waals surface area (Å²) in [5.41, 5.74) is 10.3. The minimum absolute atomic E-state index is 0.214. The first-order valence-electron chi connectivity index (χ1n) is 6.07. The molecule has 0 saturated heterocycles. The predicted molar refractivity (Wildman–Crippen MR) is 76.4 cm³/mol. The Bertz CT molecular complexity index is 630. The molecule has 0 saturated carbocycles. The highest BCUT2D eigenvalue weighted by Gasteiger charge is 2.21. The van der Waals surface area contributed by atoms with E-state index in [4.69, 9.17) is 5.73 Å². The molecule has 1 aromatic heterocycles. The number of amides is 1. The van der Waals surface area contributed by atoms with E-state index in [1.54, 1.807) is 18.9 Å². The van der Waals surface area contributed by atoms with Gasteiger partial charge in [0.2, 0.25) is 0 Å². The van der Waals surface area contributed by atoms with E-state index in [9.17, 15) is 4.79 Å². The van der Waals surface area contributed by atoms with Gasteiger partial charge in [-0.15, -0.1) is 0 Å². The number of aromatic amines is 1. The lowest BCUT2D eigenvalue weighted by molar-refractivity contribution is 0.0989. The van der Waals surface area contributed by atoms with Crippen molar-refractivity contribution in [1.82, 2.24) is 10.2 Å². The number of aromatic nitrogens is 2. The van der Waals surface area contributed by atoms with Crippen LogP contribution in [0, 0.1) is 20.8 Å². The third kappa shape index (κ3) is 2.31. The first-order chi connectivity index (χ1) is 8.91. The van der Waals surface area contributed by atoms with Crippen molar-refractivity contribution in [3.8, 4) is 0 Å². The molecule has 5 heteroatoms. The van der Waals surface area contributed by atoms with Crippen LogP contribution >= 0.6 is 0 Å². The number of hydrogen-bond acceptors (Lipinski definition) is 3. The molecule has 100 valence electrons. The highest BCUT2D eigenvalue weighted by molar-refractivity contribution is 6.08. The normalized spacial score (nSPS) is 10.5. The lowest BCUT2D eigenvalue weighted by Gasteiger charge is -2.19. The lowest BCUT2D eigenvalue weighted by Crippen LogP contribution is -2.28. The van der Waals surface area contributed by atoms with E-state index >= 15 is 0 Å². The minimum atomic E-state index is -0.214. The third-order valence-corrected chi connectivity index (χ3v) is 3.22. The largest absolute Gasteiger partial charge is 0.395 e. The zero-order valence-electron chi connectivity index (χ0n) is 11.6. The molecule has 0 aliphatic rings. The van der Waals surface area contributed by atoms with E-state index < -0.39 is 0 Å². The van der Waals surface area contributed by atoms with Gasteiger partial charge in [-0.25, -0.2) is 0 Å². The van der Waals surface area contributed by atoms with Crippen LogP contribution in [0.4, 0.5) is 11.4 Å². The molecule has 0 spiro atoms. The zero-order chi connectivity index (χ0) is 14.2. The van der Waals surface area contributed by atoms with E-state index in [0.29, 0.717) is 11.4 Å². The molecule has 1 heterocycles. The number of anilines is 2. The molecule has 0 fully saturated rings. The van der Waals surface area contributed by atoms with Gasteiger partial charge in [-0.2, -0.15) is 5.10 Å². The molecule has 0 atom stereocenters. The monoisotopic (exact) mass is 258 g/mol. The Morgan fingerprint density at radius 1 is 1.32 bits per heavy atom. The van der Waals surface area contributed by atoms with Gasteiger partial charge in [0.1, 0.15) is 0 Å². The molecule has 1 amide bonds. The smallest absolute Gasteiger partial charge is 0.280 e. The van der Waals surface area contributed by atoms with Crippen LogP contribution in [0.3, 0.4) is 0 Å². The number of carbonyl (C=O) groups is 1. The van der Waals surface area contributed by atoms with E-state index in [2.05, 4.69) is 10.2 Å². The highest BCUT2D eigenvalue weighted by Crippen LogP contribution is 2.23. The van der Waals surface area contributed by atoms with Crippen LogP contribution in [-0.2, 0) is 0 Å². The average Bonchev–Trinajstić information content (AvgIpc) is 2.68. The summed E-state index contributed by atoms with van der Waals surface area (Å²) in [6.07, 6.45) is 0. The number of nitrogens with zero attached hydrogens (tertiary/aromatic N) is 2. The van der Waals surface area contributed by atoms with Gasteiger partial charge in [-0.1, -0.05) is 17.7 Å². The second-order valence-corrected chi connectivity index (χ2v) is 4.76. The molecule has 5 nitrogen and oxygen atoms in total. The van der Waals surface area contributed by atoms with Crippen molar-refractivity contribution in [3.63, 3.8) is 0 Å². The number of rotatable bonds is 2. The van der Waals surface area contributed by atoms with Crippen molar-refractivity contribution in [2.45, 2.75) is 20.8 Å². The second-order valence-electron chi connectivity index (χ2n) is 4.76. The Balaban J connectivity index is 2.36. The molecule has 19 heavy (non-hydrogen) atoms. The fourth-order valence-electron chi connectivity index (χ4n) is 2.05. The number of nitrogens with one attached hydrogen (secondary N) is 1. The summed E-state index contributed by atoms with van der Waals surface area (Å²) >= 11 is 0. The Morgan fingerprint density at radius 3 is 2.53 bits per heavy atom. The maximum Gasteiger partial charge on any atom is 0.280 e. The van der Waals surface area contributed by atoms with Crippen molar-refractivity contribution in [2.75, 3.05) is 17.7 Å². The number of nitrogens with two attached hydrogens (primary N) is 1. The van der Waals surface area contributed by atoms with Gasteiger partial charge in [0.25, 0.3) is 5.91 Å². The molecule has 0 unspecified atom stereocenters. The number of nitrogen functional groups attached to an aromatic ring is 1. The fraction of sp³-hybridized carbons (Fsp3) is 0.286. The predicted octanol–water partition coefficient (Wildman–Crippen LogP) is 2.19. The van der Waals surface area contributed by atoms with Gasteiger partial charge in [0, 0.05) is 12.7 Å². The first kappa shape index (κ1) is 13.1. The third-order valence-electron chi connectivity index (χ3n) is 3.22. The summed E-state index contributed by atoms with van der Waals surface area (Å²) in [5, 5.41) is 6.69. The van der Waals surface area contributed by atoms with Crippen molar-refractivity contribution >= 4 is 17.3 Å². The van der Waals surface area contributed by atoms with Gasteiger partial charge in [0.15, 0.2) is 5.69 Å². The number of H-pyrrole nitrogens is 1. The average molecular weight is 258 g/mol. The number of carbonyl (C=O) groups excluding carboxylic acids is 1. The first-order valence-corrected chi connectivity index (χ1v) is 6.07. The molecule has 3 N–H and O–H groups in total. The van der Waals surface area contributed by atoms with Crippen LogP contribution in [0.15, 0.2) is 18.2 Å². The molecule has 0 aliphatic carbocycles. The zero-order valence-corrected chi connectivity index (χ0v) is 11.6. The number of aryl methyl sites for hydroxylation is 3. The van der Waals surface area contributed by atoms with Gasteiger partial charge < -0.3 is 10.6 Å². The van der Waals surface area contributed by atoms with Gasteiger partial charge in [-0.05, 0) is 32.4 Å². The Labute approximate surface area is 112 Å². The quantitative estimate of drug-likeness (QED) is 0.867. The van der Waals surface area contributed by atoms with E-state index in [1.807, 2.05) is 32.0 Å². The van der Waals surface area contributed by atoms with E-state index in [1.165, 1.54) is 0 Å². The van der Waals surface area contributed by atoms with Crippen LogP contribution in [0.1, 0.15) is 27.3 Å². The summed E-state index contributed by atoms with van der Waals surface area (Å²) < 4.78 is 0. The topological polar surface area (TPSA) is 75.0 Å². The molecule has 2 rings (SSSR count). The molecule has 2 aromatic rings. The number of hydrogen-bond donors (Lipinski definition) is 2. The van der Waals surface area contributed by atoms with Crippen LogP contribution in [0.5, 0.6) is 0 Å². The molecule has 0 aliphatic heterocycles. The van der Waals surface area contributed by atoms with Crippen LogP contribution in [0.2, 0.25) is 0 Å². The molecular weight excluding hydrogens is 240 g/mol. The maximum atomic E-state index is 12.4. The van der Waals surface area contributed by atoms with Crippen LogP contribution in [-0.4, -0.2) is 23.2 Å². The standard InChI is InChI=1S/C14H18N4O/c1-8-5-6-11(9(2)7-8)18(4)14(19)13-12(15)10(3)16-17-13/h5-7H,15H2,1-4H3,(H,16,17). The molecule has 0 bridgehead atoms. The summed E-state index contributed by atoms with van der Waals surface area (Å²) in [7, 11) is 1.73. The SMILES string of the molecule is Cc1ccc(N(C)C(=O)c2n[nH]c(C)c2N)c(C)c1. The van der Waals surface area contributed by atoms with Crippen molar-refractivity contribution in [2.24, 2.45) is 0 Å². The molecular formula is C14H18N4O. The van der Waals surface area contributed by atoms with Gasteiger partial charge >= 0.3 is 0 Å². The molecule has 0 radical (unpaired) electrons. The van der Waals surface area contributed by atoms with Gasteiger partial charge in [0.05, 0.1) is 11.4 Å². The van der Waals surface area contributed by atoms with E-state index in [-0.39, 0.29) is 11.6 Å². The Kier molecular flexibility index (Phi) is 3.29. The second kappa shape index (κ2) is 4.76. The summed E-state index contributed by atoms with van der Waals surface area (Å²) in [6.45, 7) is 5.79. The lowest BCUT2D eigenvalue weighted by atomic mass is 10.1. The Hall–Kier alpha value is -2.30. The summed E-state index contributed by atoms with van der Waals surface area (Å²) in [4.78, 5) is 14.0. The maximum absolute atomic E-state index is 12.4. The van der Waals surface area contributed by atoms with Gasteiger partial charge in [-0.3, -0.25) is 9.89 Å². The fourth-order valence-corrected chi connectivity index (χ4v) is 2.05. The van der Waals surface area contributed by atoms with Crippen molar-refractivity contribution in [3.05, 3.63) is 40.7 Å². The summed E-state index contributed by atoms with van der Waals surface area (Å²) in [6, 6.07) is 5.95. The van der Waals surface area contributed by atoms with Crippen LogP contribution in [0.25, 0.3) is 0 Å².